The Morgan fingerprint density at radius 3 is 1.88 bits per heavy atom. The molecule has 12 N–H and O–H groups in total. The fourth-order valence-electron chi connectivity index (χ4n) is 10.6. The molecule has 5 aromatic rings. The third-order valence-corrected chi connectivity index (χ3v) is 14.8. The Kier molecular flexibility index (Phi) is 18.2. The number of carbonyl (C=O) groups excluding carboxylic acids is 9. The molecule has 22 nitrogen and oxygen atoms in total. The highest BCUT2D eigenvalue weighted by atomic mass is 16.6. The van der Waals surface area contributed by atoms with Gasteiger partial charge in [-0.25, -0.2) is 4.79 Å². The van der Waals surface area contributed by atoms with E-state index in [1.54, 1.807) is 92.7 Å². The summed E-state index contributed by atoms with van der Waals surface area (Å²) in [6.45, 7) is 6.21. The molecular weight excluding hydrogens is 1050 g/mol. The normalized spacial score (nSPS) is 16.4. The fourth-order valence-corrected chi connectivity index (χ4v) is 10.6. The number of esters is 1. The molecular formula is C60H67N9O13. The van der Waals surface area contributed by atoms with Gasteiger partial charge in [0.05, 0.1) is 18.2 Å². The Bertz CT molecular complexity index is 3170. The summed E-state index contributed by atoms with van der Waals surface area (Å²) in [6, 6.07) is 24.4. The predicted octanol–water partition coefficient (Wildman–Crippen LogP) is 2.95. The molecule has 430 valence electrons. The van der Waals surface area contributed by atoms with Gasteiger partial charge in [-0.05, 0) is 99.4 Å². The summed E-state index contributed by atoms with van der Waals surface area (Å²) >= 11 is 0. The second kappa shape index (κ2) is 25.4. The van der Waals surface area contributed by atoms with Gasteiger partial charge in [0, 0.05) is 53.4 Å². The van der Waals surface area contributed by atoms with E-state index >= 15 is 0 Å². The number of primary amides is 1. The largest absolute Gasteiger partial charge is 0.508 e. The molecule has 8 rings (SSSR count). The molecule has 0 saturated carbocycles. The zero-order valence-corrected chi connectivity index (χ0v) is 45.7. The first-order chi connectivity index (χ1) is 39.2. The van der Waals surface area contributed by atoms with Gasteiger partial charge in [0.2, 0.25) is 41.4 Å². The molecule has 3 aliphatic rings. The number of phenolic OH excluding ortho intramolecular Hbond substituents is 2. The fraction of sp³-hybridized carbons (Fsp3) is 0.350. The van der Waals surface area contributed by atoms with Crippen molar-refractivity contribution in [2.24, 2.45) is 17.4 Å². The van der Waals surface area contributed by atoms with Crippen molar-refractivity contribution < 1.29 is 62.8 Å². The minimum atomic E-state index is -1.52. The molecule has 0 aromatic heterocycles. The van der Waals surface area contributed by atoms with Gasteiger partial charge in [-0.15, -0.1) is 0 Å². The van der Waals surface area contributed by atoms with Crippen LogP contribution in [-0.4, -0.2) is 124 Å². The average molecular weight is 1120 g/mol. The highest BCUT2D eigenvalue weighted by Gasteiger charge is 2.54. The number of carbonyl (C=O) groups is 9. The number of rotatable bonds is 22. The van der Waals surface area contributed by atoms with Crippen LogP contribution in [-0.2, 0) is 43.9 Å². The standard InChI is InChI=1S/C60H67N9O13/c1-32(2)50(67-52(73)33(3)61)58(79)69-27-13-19-45(69)56(77)68-51(49(35-14-7-5-8-15-35)36-16-9-6-10-17-36)57(78)65-34(4)53(74)66-44(55(76)64-31-48(62)72)18-11-12-26-63-54(75)37-20-23-41-40(28-37)59(80)82-60(41)42-24-21-38(70)29-46(42)81-47-30-39(71)22-25-43(47)60/h5-10,14-17,20-25,28-30,32-34,44-45,49-51,70-71H,11-13,18-19,26-27,31,61H2,1-4H3,(H2,62,72)(H,63,75)(H,64,76)(H,65,78)(H,66,74)(H,67,73)(H,68,77)/t33-,34-,44-,45-,50-,51-/m0/s1. The Morgan fingerprint density at radius 1 is 0.683 bits per heavy atom. The topological polar surface area (TPSA) is 340 Å². The summed E-state index contributed by atoms with van der Waals surface area (Å²) in [6.07, 6.45) is 1.29. The van der Waals surface area contributed by atoms with Crippen LogP contribution in [0.5, 0.6) is 23.0 Å². The number of unbranched alkanes of at least 4 members (excludes halogenated alkanes) is 1. The Morgan fingerprint density at radius 2 is 1.29 bits per heavy atom. The number of hydrogen-bond acceptors (Lipinski definition) is 14. The molecule has 3 aliphatic heterocycles. The summed E-state index contributed by atoms with van der Waals surface area (Å²) in [7, 11) is 0. The van der Waals surface area contributed by atoms with Crippen molar-refractivity contribution in [2.75, 3.05) is 19.6 Å². The van der Waals surface area contributed by atoms with Crippen molar-refractivity contribution in [3.8, 4) is 23.0 Å². The number of benzene rings is 5. The molecule has 3 heterocycles. The lowest BCUT2D eigenvalue weighted by Crippen LogP contribution is -2.60. The van der Waals surface area contributed by atoms with Crippen LogP contribution >= 0.6 is 0 Å². The van der Waals surface area contributed by atoms with Crippen molar-refractivity contribution in [1.82, 2.24) is 36.8 Å². The number of nitrogens with two attached hydrogens (primary N) is 2. The lowest BCUT2D eigenvalue weighted by atomic mass is 9.77. The summed E-state index contributed by atoms with van der Waals surface area (Å²) in [4.78, 5) is 124. The maximum atomic E-state index is 14.8. The first-order valence-corrected chi connectivity index (χ1v) is 27.1. The first kappa shape index (κ1) is 58.8. The SMILES string of the molecule is CC(C)[C@H](NC(=O)[C@H](C)N)C(=O)N1CCC[C@H]1C(=O)N[C@H](C(=O)N[C@@H](C)C(=O)N[C@@H](CCCCNC(=O)c1ccc2c(c1)C(=O)OC21c2ccc(O)cc2Oc2cc(O)ccc21)C(=O)NCC(N)=O)C(c1ccccc1)c1ccccc1. The molecule has 6 atom stereocenters. The third kappa shape index (κ3) is 12.8. The van der Waals surface area contributed by atoms with E-state index in [1.165, 1.54) is 55.1 Å². The van der Waals surface area contributed by atoms with E-state index in [2.05, 4.69) is 31.9 Å². The lowest BCUT2D eigenvalue weighted by molar-refractivity contribution is -0.143. The number of hydrogen-bond donors (Lipinski definition) is 10. The maximum Gasteiger partial charge on any atom is 0.340 e. The van der Waals surface area contributed by atoms with Gasteiger partial charge in [-0.1, -0.05) is 80.6 Å². The van der Waals surface area contributed by atoms with E-state index in [0.717, 1.165) is 0 Å². The number of phenols is 2. The minimum Gasteiger partial charge on any atom is -0.508 e. The molecule has 0 radical (unpaired) electrons. The van der Waals surface area contributed by atoms with Gasteiger partial charge in [0.25, 0.3) is 5.91 Å². The van der Waals surface area contributed by atoms with Crippen LogP contribution in [0.2, 0.25) is 0 Å². The number of likely N-dealkylation sites (tertiary alicyclic amines) is 1. The second-order valence-corrected chi connectivity index (χ2v) is 21.0. The van der Waals surface area contributed by atoms with Crippen LogP contribution in [0.15, 0.2) is 115 Å². The molecule has 1 saturated heterocycles. The number of amides is 8. The molecule has 0 aliphatic carbocycles. The molecule has 8 amide bonds. The van der Waals surface area contributed by atoms with Crippen LogP contribution in [0, 0.1) is 5.92 Å². The van der Waals surface area contributed by atoms with Crippen molar-refractivity contribution in [3.05, 3.63) is 154 Å². The Labute approximate surface area is 473 Å². The molecule has 82 heavy (non-hydrogen) atoms. The Balaban J connectivity index is 0.941. The van der Waals surface area contributed by atoms with Crippen molar-refractivity contribution >= 4 is 53.2 Å². The maximum absolute atomic E-state index is 14.8. The monoisotopic (exact) mass is 1120 g/mol. The van der Waals surface area contributed by atoms with Crippen LogP contribution in [0.4, 0.5) is 0 Å². The van der Waals surface area contributed by atoms with Crippen molar-refractivity contribution in [1.29, 1.82) is 0 Å². The zero-order valence-electron chi connectivity index (χ0n) is 45.7. The molecule has 5 aromatic carbocycles. The summed E-state index contributed by atoms with van der Waals surface area (Å²) in [5.74, 6) is -6.99. The summed E-state index contributed by atoms with van der Waals surface area (Å²) < 4.78 is 12.1. The quantitative estimate of drug-likeness (QED) is 0.0352. The number of fused-ring (bicyclic) bond motifs is 6. The molecule has 0 unspecified atom stereocenters. The highest BCUT2D eigenvalue weighted by molar-refractivity contribution is 6.02. The van der Waals surface area contributed by atoms with Crippen LogP contribution in [0.3, 0.4) is 0 Å². The van der Waals surface area contributed by atoms with E-state index in [0.29, 0.717) is 40.7 Å². The number of nitrogens with zero attached hydrogens (tertiary/aromatic N) is 1. The molecule has 22 heteroatoms. The smallest absolute Gasteiger partial charge is 0.340 e. The molecule has 1 fully saturated rings. The number of aromatic hydroxyl groups is 2. The van der Waals surface area contributed by atoms with Gasteiger partial charge in [-0.2, -0.15) is 0 Å². The zero-order chi connectivity index (χ0) is 59.0. The number of nitrogens with one attached hydrogen (secondary N) is 6. The average Bonchev–Trinajstić information content (AvgIpc) is 1.79. The van der Waals surface area contributed by atoms with Crippen molar-refractivity contribution in [3.63, 3.8) is 0 Å². The molecule has 1 spiro atoms. The van der Waals surface area contributed by atoms with Crippen LogP contribution in [0.25, 0.3) is 0 Å². The number of ether oxygens (including phenoxy) is 2. The van der Waals surface area contributed by atoms with Gasteiger partial charge >= 0.3 is 5.97 Å². The van der Waals surface area contributed by atoms with E-state index in [4.69, 9.17) is 20.9 Å². The lowest BCUT2D eigenvalue weighted by Gasteiger charge is -2.36. The van der Waals surface area contributed by atoms with Gasteiger partial charge in [-0.3, -0.25) is 38.4 Å². The first-order valence-electron chi connectivity index (χ1n) is 27.1. The van der Waals surface area contributed by atoms with E-state index < -0.39 is 108 Å². The Hall–Kier alpha value is -9.31. The minimum absolute atomic E-state index is 0.00776. The van der Waals surface area contributed by atoms with Gasteiger partial charge in [0.1, 0.15) is 53.2 Å². The second-order valence-electron chi connectivity index (χ2n) is 21.0. The van der Waals surface area contributed by atoms with Crippen LogP contribution in [0.1, 0.15) is 114 Å². The van der Waals surface area contributed by atoms with E-state index in [1.807, 2.05) is 0 Å². The summed E-state index contributed by atoms with van der Waals surface area (Å²) in [5, 5.41) is 36.8. The highest BCUT2D eigenvalue weighted by Crippen LogP contribution is 2.57. The van der Waals surface area contributed by atoms with Gasteiger partial charge in [0.15, 0.2) is 5.60 Å². The summed E-state index contributed by atoms with van der Waals surface area (Å²) in [5.41, 5.74) is 12.4. The van der Waals surface area contributed by atoms with Crippen molar-refractivity contribution in [2.45, 2.75) is 108 Å². The molecule has 0 bridgehead atoms. The predicted molar refractivity (Wildman–Crippen MR) is 298 cm³/mol. The van der Waals surface area contributed by atoms with Crippen LogP contribution < -0.4 is 48.1 Å². The van der Waals surface area contributed by atoms with Gasteiger partial charge < -0.3 is 68.0 Å². The third-order valence-electron chi connectivity index (χ3n) is 14.8. The van der Waals surface area contributed by atoms with E-state index in [-0.39, 0.29) is 72.4 Å². The van der Waals surface area contributed by atoms with E-state index in [9.17, 15) is 53.4 Å².